The van der Waals surface area contributed by atoms with Crippen molar-refractivity contribution in [2.45, 2.75) is 20.3 Å². The molecule has 1 aliphatic rings. The van der Waals surface area contributed by atoms with Gasteiger partial charge < -0.3 is 9.88 Å². The zero-order valence-corrected chi connectivity index (χ0v) is 18.1. The Labute approximate surface area is 186 Å². The van der Waals surface area contributed by atoms with Crippen molar-refractivity contribution in [3.63, 3.8) is 0 Å². The number of nitrogens with one attached hydrogen (secondary N) is 1. The van der Waals surface area contributed by atoms with E-state index in [2.05, 4.69) is 16.0 Å². The van der Waals surface area contributed by atoms with E-state index >= 15 is 0 Å². The molecule has 1 N–H and O–H groups in total. The molecule has 2 heterocycles. The van der Waals surface area contributed by atoms with Crippen molar-refractivity contribution < 1.29 is 9.59 Å². The molecule has 2 aromatic carbocycles. The van der Waals surface area contributed by atoms with Gasteiger partial charge in [-0.1, -0.05) is 24.3 Å². The van der Waals surface area contributed by atoms with Crippen molar-refractivity contribution in [3.05, 3.63) is 76.7 Å². The van der Waals surface area contributed by atoms with Gasteiger partial charge in [-0.15, -0.1) is 12.4 Å². The number of halogens is 1. The monoisotopic (exact) mass is 435 g/mol. The Bertz CT molecular complexity index is 1160. The fraction of sp³-hybridized carbons (Fsp3) is 0.217. The van der Waals surface area contributed by atoms with Crippen LogP contribution in [0, 0.1) is 25.2 Å². The Morgan fingerprint density at radius 3 is 2.42 bits per heavy atom. The third kappa shape index (κ3) is 4.30. The minimum atomic E-state index is -0.573. The zero-order valence-electron chi connectivity index (χ0n) is 17.3. The summed E-state index contributed by atoms with van der Waals surface area (Å²) >= 11 is 0. The first kappa shape index (κ1) is 22.1. The molecule has 0 unspecified atom stereocenters. The molecule has 0 spiro atoms. The summed E-state index contributed by atoms with van der Waals surface area (Å²) in [5.41, 5.74) is 4.45. The van der Waals surface area contributed by atoms with E-state index in [0.29, 0.717) is 36.7 Å². The van der Waals surface area contributed by atoms with Crippen LogP contribution in [0.25, 0.3) is 0 Å². The number of nitriles is 1. The molecule has 7 nitrogen and oxygen atoms in total. The fourth-order valence-corrected chi connectivity index (χ4v) is 3.59. The molecule has 0 atom stereocenters. The van der Waals surface area contributed by atoms with E-state index < -0.39 is 11.8 Å². The molecule has 31 heavy (non-hydrogen) atoms. The van der Waals surface area contributed by atoms with Gasteiger partial charge in [0.05, 0.1) is 17.8 Å². The van der Waals surface area contributed by atoms with E-state index in [0.717, 1.165) is 22.4 Å². The van der Waals surface area contributed by atoms with Gasteiger partial charge in [-0.05, 0) is 48.7 Å². The number of imidazole rings is 1. The average Bonchev–Trinajstić information content (AvgIpc) is 3.21. The van der Waals surface area contributed by atoms with Crippen molar-refractivity contribution >= 4 is 35.7 Å². The fourth-order valence-electron chi connectivity index (χ4n) is 3.59. The highest BCUT2D eigenvalue weighted by Crippen LogP contribution is 2.26. The van der Waals surface area contributed by atoms with Crippen molar-refractivity contribution in [1.29, 1.82) is 5.26 Å². The van der Waals surface area contributed by atoms with Crippen LogP contribution >= 0.6 is 12.4 Å². The summed E-state index contributed by atoms with van der Waals surface area (Å²) in [4.78, 5) is 36.1. The van der Waals surface area contributed by atoms with Gasteiger partial charge in [0.2, 0.25) is 0 Å². The number of amides is 2. The van der Waals surface area contributed by atoms with Crippen molar-refractivity contribution in [3.8, 4) is 6.07 Å². The van der Waals surface area contributed by atoms with Gasteiger partial charge in [0, 0.05) is 25.2 Å². The first-order valence-corrected chi connectivity index (χ1v) is 9.70. The van der Waals surface area contributed by atoms with E-state index in [1.54, 1.807) is 23.2 Å². The molecule has 1 aliphatic heterocycles. The van der Waals surface area contributed by atoms with Crippen molar-refractivity contribution in [2.24, 2.45) is 0 Å². The van der Waals surface area contributed by atoms with E-state index in [4.69, 9.17) is 5.26 Å². The molecule has 3 aromatic rings. The number of benzene rings is 2. The normalized spacial score (nSPS) is 13.7. The van der Waals surface area contributed by atoms with Crippen LogP contribution in [0.3, 0.4) is 0 Å². The lowest BCUT2D eigenvalue weighted by Crippen LogP contribution is -2.55. The summed E-state index contributed by atoms with van der Waals surface area (Å²) in [6, 6.07) is 15.1. The second kappa shape index (κ2) is 9.02. The number of nitrogens with zero attached hydrogens (tertiary/aromatic N) is 4. The van der Waals surface area contributed by atoms with Gasteiger partial charge in [0.1, 0.15) is 11.6 Å². The Kier molecular flexibility index (Phi) is 6.42. The number of aromatic amines is 1. The Morgan fingerprint density at radius 1 is 1.03 bits per heavy atom. The number of carbonyl (C=O) groups excluding carboxylic acids is 2. The molecule has 1 saturated heterocycles. The van der Waals surface area contributed by atoms with E-state index in [9.17, 15) is 9.59 Å². The van der Waals surface area contributed by atoms with Crippen LogP contribution in [-0.4, -0.2) is 34.9 Å². The molecule has 0 radical (unpaired) electrons. The predicted octanol–water partition coefficient (Wildman–Crippen LogP) is 3.29. The van der Waals surface area contributed by atoms with Gasteiger partial charge in [-0.2, -0.15) is 5.26 Å². The second-order valence-electron chi connectivity index (χ2n) is 7.33. The summed E-state index contributed by atoms with van der Waals surface area (Å²) in [5, 5.41) is 8.90. The van der Waals surface area contributed by atoms with Crippen LogP contribution in [0.4, 0.5) is 11.5 Å². The summed E-state index contributed by atoms with van der Waals surface area (Å²) in [7, 11) is 0. The van der Waals surface area contributed by atoms with Crippen LogP contribution in [0.5, 0.6) is 0 Å². The lowest BCUT2D eigenvalue weighted by Gasteiger charge is -2.33. The number of anilines is 2. The Hall–Kier alpha value is -3.63. The van der Waals surface area contributed by atoms with Crippen LogP contribution in [0.2, 0.25) is 0 Å². The number of aryl methyl sites for hydroxylation is 1. The van der Waals surface area contributed by atoms with E-state index in [-0.39, 0.29) is 12.4 Å². The standard InChI is InChI=1S/C23H21N5O2.ClH/c1-15-4-3-5-19(16(15)2)27-10-11-28(23(30)22(27)29)21-14-25-20(26-21)12-17-6-8-18(13-24)9-7-17;/h3-9,14H,10-12H2,1-2H3,(H,25,26);1H. The summed E-state index contributed by atoms with van der Waals surface area (Å²) in [6.45, 7) is 4.75. The molecule has 0 aliphatic carbocycles. The molecule has 0 bridgehead atoms. The molecule has 1 aromatic heterocycles. The average molecular weight is 436 g/mol. The summed E-state index contributed by atoms with van der Waals surface area (Å²) in [6.07, 6.45) is 2.12. The minimum Gasteiger partial charge on any atom is -0.328 e. The topological polar surface area (TPSA) is 93.1 Å². The van der Waals surface area contributed by atoms with Gasteiger partial charge in [0.15, 0.2) is 0 Å². The van der Waals surface area contributed by atoms with Crippen LogP contribution in [0.1, 0.15) is 28.1 Å². The van der Waals surface area contributed by atoms with Crippen molar-refractivity contribution in [1.82, 2.24) is 9.97 Å². The van der Waals surface area contributed by atoms with Gasteiger partial charge in [-0.3, -0.25) is 14.5 Å². The number of hydrogen-bond donors (Lipinski definition) is 1. The number of H-pyrrole nitrogens is 1. The number of piperazine rings is 1. The highest BCUT2D eigenvalue weighted by atomic mass is 35.5. The smallest absolute Gasteiger partial charge is 0.318 e. The lowest BCUT2D eigenvalue weighted by molar-refractivity contribution is -0.136. The number of rotatable bonds is 4. The predicted molar refractivity (Wildman–Crippen MR) is 120 cm³/mol. The maximum absolute atomic E-state index is 12.8. The molecular formula is C23H22ClN5O2. The molecule has 1 fully saturated rings. The maximum Gasteiger partial charge on any atom is 0.318 e. The number of aromatic nitrogens is 2. The third-order valence-electron chi connectivity index (χ3n) is 5.45. The first-order valence-electron chi connectivity index (χ1n) is 9.70. The maximum atomic E-state index is 12.8. The van der Waals surface area contributed by atoms with Crippen molar-refractivity contribution in [2.75, 3.05) is 22.9 Å². The third-order valence-corrected chi connectivity index (χ3v) is 5.45. The second-order valence-corrected chi connectivity index (χ2v) is 7.33. The lowest BCUT2D eigenvalue weighted by atomic mass is 10.1. The first-order chi connectivity index (χ1) is 14.5. The number of carbonyl (C=O) groups is 2. The molecule has 8 heteroatoms. The summed E-state index contributed by atoms with van der Waals surface area (Å²) < 4.78 is 0. The molecule has 2 amide bonds. The zero-order chi connectivity index (χ0) is 21.3. The van der Waals surface area contributed by atoms with E-state index in [1.807, 2.05) is 44.2 Å². The quantitative estimate of drug-likeness (QED) is 0.636. The highest BCUT2D eigenvalue weighted by molar-refractivity contribution is 6.45. The Morgan fingerprint density at radius 2 is 1.71 bits per heavy atom. The largest absolute Gasteiger partial charge is 0.328 e. The van der Waals surface area contributed by atoms with E-state index in [1.165, 1.54) is 4.90 Å². The molecule has 0 saturated carbocycles. The molecule has 158 valence electrons. The summed E-state index contributed by atoms with van der Waals surface area (Å²) in [5.74, 6) is 0.0819. The Balaban J connectivity index is 0.00000272. The van der Waals surface area contributed by atoms with Gasteiger partial charge >= 0.3 is 11.8 Å². The highest BCUT2D eigenvalue weighted by Gasteiger charge is 2.35. The van der Waals surface area contributed by atoms with Crippen LogP contribution in [-0.2, 0) is 16.0 Å². The number of hydrogen-bond acceptors (Lipinski definition) is 4. The molecular weight excluding hydrogens is 414 g/mol. The SMILES string of the molecule is Cc1cccc(N2CCN(c3cnc(Cc4ccc(C#N)cc4)[nH]3)C(=O)C2=O)c1C.Cl. The van der Waals surface area contributed by atoms with Crippen LogP contribution in [0.15, 0.2) is 48.7 Å². The van der Waals surface area contributed by atoms with Crippen LogP contribution < -0.4 is 9.80 Å². The van der Waals surface area contributed by atoms with Gasteiger partial charge in [-0.25, -0.2) is 4.98 Å². The molecule has 4 rings (SSSR count). The minimum absolute atomic E-state index is 0. The van der Waals surface area contributed by atoms with Gasteiger partial charge in [0.25, 0.3) is 0 Å².